The summed E-state index contributed by atoms with van der Waals surface area (Å²) in [7, 11) is 1.35. The first-order valence-electron chi connectivity index (χ1n) is 7.40. The number of rotatable bonds is 3. The third-order valence-corrected chi connectivity index (χ3v) is 4.26. The number of hydrogen-bond acceptors (Lipinski definition) is 7. The number of nitro groups is 1. The molecule has 0 spiro atoms. The number of aromatic hydroxyl groups is 1. The van der Waals surface area contributed by atoms with E-state index in [4.69, 9.17) is 14.2 Å². The highest BCUT2D eigenvalue weighted by Crippen LogP contribution is 2.49. The van der Waals surface area contributed by atoms with Crippen LogP contribution in [0, 0.1) is 10.1 Å². The lowest BCUT2D eigenvalue weighted by atomic mass is 9.95. The Morgan fingerprint density at radius 2 is 2.00 bits per heavy atom. The standard InChI is InChI=1S/C17H11NO8/c1-24-12-3-7-2-10(18(22)23)14-9(17(20)21)5-13-16(26-6-25-13)15(14)8(7)4-11(12)19/h2-5,19H,6H2,1H3,(H,20,21). The number of carboxylic acid groups (broad SMARTS) is 1. The Morgan fingerprint density at radius 3 is 2.65 bits per heavy atom. The molecule has 0 aliphatic carbocycles. The molecule has 0 saturated heterocycles. The van der Waals surface area contributed by atoms with Crippen LogP contribution in [0.1, 0.15) is 10.4 Å². The average molecular weight is 357 g/mol. The minimum Gasteiger partial charge on any atom is -0.504 e. The van der Waals surface area contributed by atoms with Crippen LogP contribution in [-0.4, -0.2) is 35.0 Å². The number of nitrogens with zero attached hydrogens (tertiary/aromatic N) is 1. The molecular formula is C17H11NO8. The molecule has 1 heterocycles. The van der Waals surface area contributed by atoms with Crippen molar-refractivity contribution in [2.45, 2.75) is 0 Å². The topological polar surface area (TPSA) is 128 Å². The zero-order valence-corrected chi connectivity index (χ0v) is 13.3. The number of hydrogen-bond donors (Lipinski definition) is 2. The van der Waals surface area contributed by atoms with E-state index in [9.17, 15) is 25.1 Å². The second-order valence-electron chi connectivity index (χ2n) is 5.61. The minimum atomic E-state index is -1.34. The van der Waals surface area contributed by atoms with E-state index in [1.165, 1.54) is 31.4 Å². The van der Waals surface area contributed by atoms with Crippen LogP contribution in [0.4, 0.5) is 5.69 Å². The predicted molar refractivity (Wildman–Crippen MR) is 89.4 cm³/mol. The Labute approximate surface area is 145 Å². The van der Waals surface area contributed by atoms with Crippen molar-refractivity contribution in [3.05, 3.63) is 39.9 Å². The first kappa shape index (κ1) is 15.8. The summed E-state index contributed by atoms with van der Waals surface area (Å²) in [5, 5.41) is 32.2. The van der Waals surface area contributed by atoms with Gasteiger partial charge in [-0.25, -0.2) is 4.79 Å². The Bertz CT molecular complexity index is 1120. The smallest absolute Gasteiger partial charge is 0.336 e. The highest BCUT2D eigenvalue weighted by molar-refractivity contribution is 6.21. The lowest BCUT2D eigenvalue weighted by Crippen LogP contribution is -2.01. The molecule has 4 rings (SSSR count). The monoisotopic (exact) mass is 357 g/mol. The highest BCUT2D eigenvalue weighted by Gasteiger charge is 2.30. The van der Waals surface area contributed by atoms with E-state index in [0.29, 0.717) is 10.8 Å². The molecule has 0 fully saturated rings. The van der Waals surface area contributed by atoms with Gasteiger partial charge >= 0.3 is 5.97 Å². The Hall–Kier alpha value is -3.75. The summed E-state index contributed by atoms with van der Waals surface area (Å²) >= 11 is 0. The number of carbonyl (C=O) groups is 1. The van der Waals surface area contributed by atoms with Crippen LogP contribution in [0.15, 0.2) is 24.3 Å². The van der Waals surface area contributed by atoms with E-state index in [2.05, 4.69) is 0 Å². The predicted octanol–water partition coefficient (Wildman–Crippen LogP) is 3.04. The maximum absolute atomic E-state index is 11.7. The van der Waals surface area contributed by atoms with E-state index in [-0.39, 0.29) is 46.1 Å². The fraction of sp³-hybridized carbons (Fsp3) is 0.118. The number of phenols is 1. The maximum atomic E-state index is 11.7. The van der Waals surface area contributed by atoms with Gasteiger partial charge < -0.3 is 24.4 Å². The van der Waals surface area contributed by atoms with Crippen LogP contribution >= 0.6 is 0 Å². The molecule has 132 valence electrons. The fourth-order valence-corrected chi connectivity index (χ4v) is 3.18. The lowest BCUT2D eigenvalue weighted by molar-refractivity contribution is -0.383. The average Bonchev–Trinajstić information content (AvgIpc) is 3.07. The zero-order chi connectivity index (χ0) is 18.6. The molecule has 0 aromatic heterocycles. The lowest BCUT2D eigenvalue weighted by Gasteiger charge is -2.12. The number of aromatic carboxylic acids is 1. The van der Waals surface area contributed by atoms with Gasteiger partial charge in [0.25, 0.3) is 5.69 Å². The molecule has 9 nitrogen and oxygen atoms in total. The molecule has 0 bridgehead atoms. The van der Waals surface area contributed by atoms with E-state index in [1.54, 1.807) is 0 Å². The molecule has 1 aliphatic rings. The molecule has 0 amide bonds. The number of benzene rings is 3. The van der Waals surface area contributed by atoms with E-state index < -0.39 is 16.6 Å². The SMILES string of the molecule is COc1cc2cc([N+](=O)[O-])c3c(C(=O)O)cc4c(c3c2cc1O)OCO4. The first-order chi connectivity index (χ1) is 12.4. The van der Waals surface area contributed by atoms with Gasteiger partial charge in [0.15, 0.2) is 23.0 Å². The molecule has 0 unspecified atom stereocenters. The third kappa shape index (κ3) is 2.07. The molecule has 0 radical (unpaired) electrons. The normalized spacial score (nSPS) is 12.5. The van der Waals surface area contributed by atoms with Gasteiger partial charge in [0.2, 0.25) is 6.79 Å². The second kappa shape index (κ2) is 5.38. The number of carboxylic acids is 1. The van der Waals surface area contributed by atoms with Crippen molar-refractivity contribution in [1.82, 2.24) is 0 Å². The van der Waals surface area contributed by atoms with Crippen molar-refractivity contribution in [3.8, 4) is 23.0 Å². The van der Waals surface area contributed by atoms with Gasteiger partial charge in [-0.05, 0) is 29.0 Å². The summed E-state index contributed by atoms with van der Waals surface area (Å²) in [4.78, 5) is 22.7. The molecule has 3 aromatic rings. The van der Waals surface area contributed by atoms with Gasteiger partial charge in [0.1, 0.15) is 0 Å². The number of fused-ring (bicyclic) bond motifs is 5. The van der Waals surface area contributed by atoms with Gasteiger partial charge in [0.05, 0.1) is 23.0 Å². The molecule has 0 saturated carbocycles. The highest BCUT2D eigenvalue weighted by atomic mass is 16.7. The van der Waals surface area contributed by atoms with Crippen LogP contribution < -0.4 is 14.2 Å². The maximum Gasteiger partial charge on any atom is 0.336 e. The number of nitro benzene ring substituents is 1. The van der Waals surface area contributed by atoms with Crippen LogP contribution in [-0.2, 0) is 0 Å². The fourth-order valence-electron chi connectivity index (χ4n) is 3.18. The van der Waals surface area contributed by atoms with Crippen LogP contribution in [0.3, 0.4) is 0 Å². The molecule has 0 atom stereocenters. The molecule has 1 aliphatic heterocycles. The van der Waals surface area contributed by atoms with E-state index in [0.717, 1.165) is 0 Å². The molecule has 9 heteroatoms. The molecular weight excluding hydrogens is 346 g/mol. The van der Waals surface area contributed by atoms with Crippen molar-refractivity contribution >= 4 is 33.2 Å². The van der Waals surface area contributed by atoms with Gasteiger partial charge in [0, 0.05) is 11.5 Å². The molecule has 3 aromatic carbocycles. The second-order valence-corrected chi connectivity index (χ2v) is 5.61. The number of ether oxygens (including phenoxy) is 3. The van der Waals surface area contributed by atoms with Gasteiger partial charge in [-0.3, -0.25) is 10.1 Å². The summed E-state index contributed by atoms with van der Waals surface area (Å²) in [5.41, 5.74) is -0.677. The van der Waals surface area contributed by atoms with Gasteiger partial charge in [-0.15, -0.1) is 0 Å². The van der Waals surface area contributed by atoms with Crippen molar-refractivity contribution < 1.29 is 34.1 Å². The van der Waals surface area contributed by atoms with Crippen molar-refractivity contribution in [3.63, 3.8) is 0 Å². The Kier molecular flexibility index (Phi) is 3.26. The van der Waals surface area contributed by atoms with Crippen LogP contribution in [0.2, 0.25) is 0 Å². The Balaban J connectivity index is 2.31. The minimum absolute atomic E-state index is 0.0937. The first-order valence-corrected chi connectivity index (χ1v) is 7.40. The number of methoxy groups -OCH3 is 1. The van der Waals surface area contributed by atoms with Crippen molar-refractivity contribution in [2.24, 2.45) is 0 Å². The summed E-state index contributed by atoms with van der Waals surface area (Å²) in [6.45, 7) is -0.139. The number of non-ortho nitro benzene ring substituents is 1. The molecule has 26 heavy (non-hydrogen) atoms. The van der Waals surface area contributed by atoms with Gasteiger partial charge in [-0.2, -0.15) is 0 Å². The summed E-state index contributed by atoms with van der Waals surface area (Å²) in [6, 6.07) is 5.24. The van der Waals surface area contributed by atoms with Gasteiger partial charge in [-0.1, -0.05) is 0 Å². The summed E-state index contributed by atoms with van der Waals surface area (Å²) in [5.74, 6) is -1.03. The van der Waals surface area contributed by atoms with E-state index >= 15 is 0 Å². The Morgan fingerprint density at radius 1 is 1.23 bits per heavy atom. The zero-order valence-electron chi connectivity index (χ0n) is 13.3. The largest absolute Gasteiger partial charge is 0.504 e. The quantitative estimate of drug-likeness (QED) is 0.416. The number of phenolic OH excluding ortho intramolecular Hbond substituents is 1. The van der Waals surface area contributed by atoms with Crippen LogP contribution in [0.25, 0.3) is 21.5 Å². The van der Waals surface area contributed by atoms with E-state index in [1.807, 2.05) is 0 Å². The van der Waals surface area contributed by atoms with Crippen molar-refractivity contribution in [1.29, 1.82) is 0 Å². The third-order valence-electron chi connectivity index (χ3n) is 4.26. The summed E-state index contributed by atoms with van der Waals surface area (Å²) < 4.78 is 15.8. The van der Waals surface area contributed by atoms with Crippen LogP contribution in [0.5, 0.6) is 23.0 Å². The molecule has 2 N–H and O–H groups in total. The van der Waals surface area contributed by atoms with Crippen molar-refractivity contribution in [2.75, 3.05) is 13.9 Å². The summed E-state index contributed by atoms with van der Waals surface area (Å²) in [6.07, 6.45) is 0.